The average molecular weight is 339 g/mol. The molecule has 3 nitrogen and oxygen atoms in total. The third-order valence-electron chi connectivity index (χ3n) is 5.48. The van der Waals surface area contributed by atoms with Crippen molar-refractivity contribution in [3.63, 3.8) is 0 Å². The van der Waals surface area contributed by atoms with E-state index in [1.165, 1.54) is 83.5 Å². The minimum absolute atomic E-state index is 0.0421. The van der Waals surface area contributed by atoms with Crippen molar-refractivity contribution < 1.29 is 4.79 Å². The number of carbonyl (C=O) groups excluding carboxylic acids is 1. The Morgan fingerprint density at radius 2 is 1.33 bits per heavy atom. The number of hydrogen-bond donors (Lipinski definition) is 2. The van der Waals surface area contributed by atoms with E-state index in [0.29, 0.717) is 11.8 Å². The van der Waals surface area contributed by atoms with E-state index in [1.807, 2.05) is 0 Å². The second kappa shape index (κ2) is 14.9. The number of ketones is 1. The molecule has 0 spiro atoms. The van der Waals surface area contributed by atoms with Crippen LogP contribution in [0.3, 0.4) is 0 Å². The second-order valence-electron chi connectivity index (χ2n) is 7.78. The maximum absolute atomic E-state index is 12.0. The average Bonchev–Trinajstić information content (AvgIpc) is 2.57. The van der Waals surface area contributed by atoms with E-state index < -0.39 is 0 Å². The van der Waals surface area contributed by atoms with Gasteiger partial charge in [-0.2, -0.15) is 0 Å². The van der Waals surface area contributed by atoms with E-state index in [4.69, 9.17) is 5.73 Å². The highest BCUT2D eigenvalue weighted by molar-refractivity contribution is 5.81. The van der Waals surface area contributed by atoms with E-state index in [0.717, 1.165) is 25.8 Å². The largest absolute Gasteiger partial charge is 0.330 e. The molecule has 3 heteroatoms. The molecule has 1 rings (SSSR count). The number of nitrogens with two attached hydrogens (primary N) is 1. The summed E-state index contributed by atoms with van der Waals surface area (Å²) in [7, 11) is 0. The van der Waals surface area contributed by atoms with Crippen molar-refractivity contribution in [1.82, 2.24) is 5.32 Å². The van der Waals surface area contributed by atoms with Gasteiger partial charge in [0.05, 0.1) is 6.04 Å². The Hall–Kier alpha value is -0.410. The number of nitrogens with one attached hydrogen (secondary N) is 1. The van der Waals surface area contributed by atoms with Crippen LogP contribution < -0.4 is 11.1 Å². The van der Waals surface area contributed by atoms with Crippen molar-refractivity contribution in [3.8, 4) is 0 Å². The predicted molar refractivity (Wildman–Crippen MR) is 104 cm³/mol. The minimum Gasteiger partial charge on any atom is -0.330 e. The zero-order valence-electron chi connectivity index (χ0n) is 16.2. The molecular weight excluding hydrogens is 296 g/mol. The fourth-order valence-electron chi connectivity index (χ4n) is 3.86. The molecule has 0 bridgehead atoms. The van der Waals surface area contributed by atoms with E-state index in [9.17, 15) is 4.79 Å². The Kier molecular flexibility index (Phi) is 13.4. The smallest absolute Gasteiger partial charge is 0.146 e. The Balaban J connectivity index is 2.43. The van der Waals surface area contributed by atoms with Crippen LogP contribution in [-0.2, 0) is 4.79 Å². The fraction of sp³-hybridized carbons (Fsp3) is 0.952. The SMILES string of the molecule is CC(=O)[C@H](CCCCN)NC1CCCCCCCCCCCCC1. The summed E-state index contributed by atoms with van der Waals surface area (Å²) in [6, 6.07) is 0.570. The van der Waals surface area contributed by atoms with Crippen LogP contribution in [0.2, 0.25) is 0 Å². The van der Waals surface area contributed by atoms with Gasteiger partial charge in [0.1, 0.15) is 5.78 Å². The van der Waals surface area contributed by atoms with Crippen LogP contribution >= 0.6 is 0 Å². The second-order valence-corrected chi connectivity index (χ2v) is 7.78. The maximum Gasteiger partial charge on any atom is 0.146 e. The predicted octanol–water partition coefficient (Wildman–Crippen LogP) is 5.12. The lowest BCUT2D eigenvalue weighted by molar-refractivity contribution is -0.119. The summed E-state index contributed by atoms with van der Waals surface area (Å²) in [5.74, 6) is 0.298. The monoisotopic (exact) mass is 338 g/mol. The van der Waals surface area contributed by atoms with Crippen LogP contribution in [-0.4, -0.2) is 24.4 Å². The summed E-state index contributed by atoms with van der Waals surface area (Å²) in [5, 5.41) is 3.70. The molecule has 1 fully saturated rings. The Labute approximate surface area is 150 Å². The molecule has 3 N–H and O–H groups in total. The normalized spacial score (nSPS) is 21.1. The number of unbranched alkanes of at least 4 members (excludes halogenated alkanes) is 1. The number of rotatable bonds is 7. The molecule has 1 saturated carbocycles. The first-order valence-electron chi connectivity index (χ1n) is 10.7. The molecule has 0 amide bonds. The Bertz CT molecular complexity index is 292. The van der Waals surface area contributed by atoms with Gasteiger partial charge in [0, 0.05) is 6.04 Å². The van der Waals surface area contributed by atoms with Crippen molar-refractivity contribution >= 4 is 5.78 Å². The molecule has 1 atom stereocenters. The van der Waals surface area contributed by atoms with Gasteiger partial charge >= 0.3 is 0 Å². The Morgan fingerprint density at radius 1 is 0.875 bits per heavy atom. The summed E-state index contributed by atoms with van der Waals surface area (Å²) in [6.45, 7) is 2.47. The quantitative estimate of drug-likeness (QED) is 0.634. The summed E-state index contributed by atoms with van der Waals surface area (Å²) in [4.78, 5) is 12.0. The topological polar surface area (TPSA) is 55.1 Å². The van der Waals surface area contributed by atoms with E-state index in [1.54, 1.807) is 6.92 Å². The van der Waals surface area contributed by atoms with Crippen LogP contribution in [0.25, 0.3) is 0 Å². The van der Waals surface area contributed by atoms with Crippen molar-refractivity contribution in [1.29, 1.82) is 0 Å². The minimum atomic E-state index is 0.0421. The molecule has 0 heterocycles. The van der Waals surface area contributed by atoms with Gasteiger partial charge in [0.2, 0.25) is 0 Å². The molecule has 0 aromatic carbocycles. The number of Topliss-reactive ketones (excluding diaryl/α,β-unsaturated/α-hetero) is 1. The molecule has 24 heavy (non-hydrogen) atoms. The van der Waals surface area contributed by atoms with Gasteiger partial charge in [0.15, 0.2) is 0 Å². The highest BCUT2D eigenvalue weighted by atomic mass is 16.1. The molecular formula is C21H42N2O. The van der Waals surface area contributed by atoms with Crippen molar-refractivity contribution in [2.24, 2.45) is 5.73 Å². The van der Waals surface area contributed by atoms with E-state index in [-0.39, 0.29) is 6.04 Å². The molecule has 0 aromatic rings. The lowest BCUT2D eigenvalue weighted by Gasteiger charge is -2.25. The number of hydrogen-bond acceptors (Lipinski definition) is 3. The van der Waals surface area contributed by atoms with Gasteiger partial charge in [-0.15, -0.1) is 0 Å². The summed E-state index contributed by atoms with van der Waals surface area (Å²) in [6.07, 6.45) is 20.7. The van der Waals surface area contributed by atoms with Gasteiger partial charge in [-0.3, -0.25) is 4.79 Å². The van der Waals surface area contributed by atoms with Gasteiger partial charge in [-0.25, -0.2) is 0 Å². The first-order valence-corrected chi connectivity index (χ1v) is 10.7. The van der Waals surface area contributed by atoms with Crippen LogP contribution in [0.15, 0.2) is 0 Å². The maximum atomic E-state index is 12.0. The zero-order valence-corrected chi connectivity index (χ0v) is 16.2. The molecule has 142 valence electrons. The van der Waals surface area contributed by atoms with E-state index >= 15 is 0 Å². The summed E-state index contributed by atoms with van der Waals surface area (Å²) >= 11 is 0. The highest BCUT2D eigenvalue weighted by Gasteiger charge is 2.18. The number of carbonyl (C=O) groups is 1. The standard InChI is InChI=1S/C21H42N2O/c1-19(24)21(17-13-14-18-22)23-20-15-11-9-7-5-3-2-4-6-8-10-12-16-20/h20-21,23H,2-18,22H2,1H3/t21-/m0/s1. The van der Waals surface area contributed by atoms with Gasteiger partial charge in [0.25, 0.3) is 0 Å². The zero-order chi connectivity index (χ0) is 17.5. The molecule has 0 aromatic heterocycles. The lowest BCUT2D eigenvalue weighted by Crippen LogP contribution is -2.42. The summed E-state index contributed by atoms with van der Waals surface area (Å²) in [5.41, 5.74) is 5.59. The van der Waals surface area contributed by atoms with Crippen molar-refractivity contribution in [2.75, 3.05) is 6.54 Å². The lowest BCUT2D eigenvalue weighted by atomic mass is 9.96. The fourth-order valence-corrected chi connectivity index (χ4v) is 3.86. The summed E-state index contributed by atoms with van der Waals surface area (Å²) < 4.78 is 0. The molecule has 0 radical (unpaired) electrons. The Morgan fingerprint density at radius 3 is 1.75 bits per heavy atom. The van der Waals surface area contributed by atoms with Crippen molar-refractivity contribution in [2.45, 2.75) is 122 Å². The van der Waals surface area contributed by atoms with Crippen LogP contribution in [0.1, 0.15) is 110 Å². The molecule has 1 aliphatic rings. The van der Waals surface area contributed by atoms with E-state index in [2.05, 4.69) is 5.32 Å². The van der Waals surface area contributed by atoms with Crippen LogP contribution in [0, 0.1) is 0 Å². The van der Waals surface area contributed by atoms with Gasteiger partial charge in [-0.1, -0.05) is 77.0 Å². The molecule has 1 aliphatic carbocycles. The van der Waals surface area contributed by atoms with Crippen LogP contribution in [0.5, 0.6) is 0 Å². The molecule has 0 saturated heterocycles. The van der Waals surface area contributed by atoms with Gasteiger partial charge < -0.3 is 11.1 Å². The first kappa shape index (κ1) is 21.6. The van der Waals surface area contributed by atoms with Crippen molar-refractivity contribution in [3.05, 3.63) is 0 Å². The third-order valence-corrected chi connectivity index (χ3v) is 5.48. The first-order chi connectivity index (χ1) is 11.7. The van der Waals surface area contributed by atoms with Gasteiger partial charge in [-0.05, 0) is 39.2 Å². The molecule has 0 aliphatic heterocycles. The molecule has 0 unspecified atom stereocenters. The highest BCUT2D eigenvalue weighted by Crippen LogP contribution is 2.18. The third kappa shape index (κ3) is 11.2. The van der Waals surface area contributed by atoms with Crippen LogP contribution in [0.4, 0.5) is 0 Å².